The van der Waals surface area contributed by atoms with Gasteiger partial charge in [-0.2, -0.15) is 0 Å². The van der Waals surface area contributed by atoms with Crippen molar-refractivity contribution >= 4 is 11.9 Å². The van der Waals surface area contributed by atoms with E-state index in [2.05, 4.69) is 160 Å². The van der Waals surface area contributed by atoms with Gasteiger partial charge in [0.2, 0.25) is 0 Å². The molecule has 0 aliphatic heterocycles. The van der Waals surface area contributed by atoms with Crippen LogP contribution in [0.1, 0.15) is 142 Å². The molecule has 0 spiro atoms. The summed E-state index contributed by atoms with van der Waals surface area (Å²) in [6.45, 7) is 3.78. The number of carbonyl (C=O) groups is 2. The first-order valence-corrected chi connectivity index (χ1v) is 22.0. The van der Waals surface area contributed by atoms with E-state index >= 15 is 0 Å². The Morgan fingerprint density at radius 3 is 1.07 bits per heavy atom. The minimum absolute atomic E-state index is 0.130. The van der Waals surface area contributed by atoms with Gasteiger partial charge in [0.15, 0.2) is 6.10 Å². The fourth-order valence-electron chi connectivity index (χ4n) is 5.09. The predicted molar refractivity (Wildman–Crippen MR) is 250 cm³/mol. The fourth-order valence-corrected chi connectivity index (χ4v) is 5.09. The number of ether oxygens (including phenoxy) is 2. The second kappa shape index (κ2) is 46.9. The van der Waals surface area contributed by atoms with Gasteiger partial charge in [0, 0.05) is 12.8 Å². The molecular weight excluding hydrogens is 717 g/mol. The summed E-state index contributed by atoms with van der Waals surface area (Å²) in [6, 6.07) is 0. The van der Waals surface area contributed by atoms with Crippen molar-refractivity contribution < 1.29 is 24.2 Å². The van der Waals surface area contributed by atoms with Gasteiger partial charge in [0.1, 0.15) is 6.61 Å². The van der Waals surface area contributed by atoms with Crippen molar-refractivity contribution in [2.45, 2.75) is 148 Å². The molecule has 58 heavy (non-hydrogen) atoms. The molecule has 0 heterocycles. The van der Waals surface area contributed by atoms with E-state index in [1.807, 2.05) is 12.2 Å². The van der Waals surface area contributed by atoms with E-state index in [-0.39, 0.29) is 38.0 Å². The Morgan fingerprint density at radius 2 is 0.724 bits per heavy atom. The zero-order valence-corrected chi connectivity index (χ0v) is 36.2. The summed E-state index contributed by atoms with van der Waals surface area (Å²) in [5.74, 6) is -0.744. The molecule has 0 aliphatic rings. The molecule has 5 heteroatoms. The van der Waals surface area contributed by atoms with Crippen molar-refractivity contribution in [2.75, 3.05) is 13.2 Å². The maximum absolute atomic E-state index is 12.2. The number of rotatable bonds is 37. The van der Waals surface area contributed by atoms with Crippen LogP contribution in [0.2, 0.25) is 0 Å². The molecule has 0 aliphatic carbocycles. The Kier molecular flexibility index (Phi) is 43.3. The van der Waals surface area contributed by atoms with Gasteiger partial charge in [-0.3, -0.25) is 9.59 Å². The van der Waals surface area contributed by atoms with Crippen LogP contribution < -0.4 is 0 Å². The zero-order valence-electron chi connectivity index (χ0n) is 36.2. The molecule has 0 saturated heterocycles. The van der Waals surface area contributed by atoms with Gasteiger partial charge in [-0.15, -0.1) is 0 Å². The lowest BCUT2D eigenvalue weighted by Crippen LogP contribution is -2.28. The summed E-state index contributed by atoms with van der Waals surface area (Å²) >= 11 is 0. The van der Waals surface area contributed by atoms with Crippen molar-refractivity contribution in [3.8, 4) is 0 Å². The molecule has 0 saturated carbocycles. The number of esters is 2. The van der Waals surface area contributed by atoms with Gasteiger partial charge in [-0.1, -0.05) is 178 Å². The Hall–Kier alpha value is -4.48. The SMILES string of the molecule is CC/C=C\C/C=C\C/C=C\C/C=C\C/C=C\C/C=C\C/C=C\C/C=C\C/C=C\CCCCCC(=O)OC(CO)COC(=O)CC/C=C\C/C=C\C/C=C\C/C=C\CC. The number of hydrogen-bond acceptors (Lipinski definition) is 5. The summed E-state index contributed by atoms with van der Waals surface area (Å²) in [4.78, 5) is 24.2. The van der Waals surface area contributed by atoms with E-state index in [1.54, 1.807) is 0 Å². The minimum atomic E-state index is -0.831. The molecule has 0 aromatic heterocycles. The summed E-state index contributed by atoms with van der Waals surface area (Å²) < 4.78 is 10.5. The lowest BCUT2D eigenvalue weighted by atomic mass is 10.1. The Balaban J connectivity index is 3.77. The Bertz CT molecular complexity index is 1360. The molecule has 0 radical (unpaired) electrons. The first kappa shape index (κ1) is 53.5. The predicted octanol–water partition coefficient (Wildman–Crippen LogP) is 14.5. The minimum Gasteiger partial charge on any atom is -0.462 e. The second-order valence-corrected chi connectivity index (χ2v) is 13.7. The highest BCUT2D eigenvalue weighted by molar-refractivity contribution is 5.70. The van der Waals surface area contributed by atoms with Crippen LogP contribution in [0.4, 0.5) is 0 Å². The van der Waals surface area contributed by atoms with Crippen LogP contribution in [0.3, 0.4) is 0 Å². The van der Waals surface area contributed by atoms with Crippen molar-refractivity contribution in [3.05, 3.63) is 158 Å². The van der Waals surface area contributed by atoms with E-state index < -0.39 is 6.10 Å². The van der Waals surface area contributed by atoms with E-state index in [0.717, 1.165) is 109 Å². The molecule has 0 amide bonds. The number of aliphatic hydroxyl groups excluding tert-OH is 1. The molecule has 0 aromatic carbocycles. The quantitative estimate of drug-likeness (QED) is 0.0385. The van der Waals surface area contributed by atoms with Gasteiger partial charge in [-0.25, -0.2) is 0 Å². The number of hydrogen-bond donors (Lipinski definition) is 1. The summed E-state index contributed by atoms with van der Waals surface area (Å²) in [5, 5.41) is 9.56. The Labute approximate surface area is 354 Å². The molecule has 5 nitrogen and oxygen atoms in total. The molecule has 0 fully saturated rings. The average molecular weight is 795 g/mol. The summed E-state index contributed by atoms with van der Waals surface area (Å²) in [6.07, 6.45) is 73.3. The number of carbonyl (C=O) groups excluding carboxylic acids is 2. The van der Waals surface area contributed by atoms with Crippen LogP contribution in [-0.4, -0.2) is 36.4 Å². The van der Waals surface area contributed by atoms with Crippen LogP contribution in [0.5, 0.6) is 0 Å². The van der Waals surface area contributed by atoms with E-state index in [1.165, 1.54) is 0 Å². The molecule has 320 valence electrons. The number of unbranched alkanes of at least 4 members (excludes halogenated alkanes) is 3. The lowest BCUT2D eigenvalue weighted by Gasteiger charge is -2.15. The van der Waals surface area contributed by atoms with Crippen LogP contribution in [0, 0.1) is 0 Å². The van der Waals surface area contributed by atoms with Gasteiger partial charge in [-0.05, 0) is 109 Å². The molecular formula is C53H78O5. The first-order valence-electron chi connectivity index (χ1n) is 22.0. The fraction of sp³-hybridized carbons (Fsp3) is 0.472. The molecule has 0 bridgehead atoms. The van der Waals surface area contributed by atoms with E-state index in [9.17, 15) is 14.7 Å². The average Bonchev–Trinajstić information content (AvgIpc) is 3.23. The molecule has 1 N–H and O–H groups in total. The highest BCUT2D eigenvalue weighted by atomic mass is 16.6. The van der Waals surface area contributed by atoms with Crippen molar-refractivity contribution in [3.63, 3.8) is 0 Å². The second-order valence-electron chi connectivity index (χ2n) is 13.7. The maximum atomic E-state index is 12.2. The molecule has 0 aromatic rings. The van der Waals surface area contributed by atoms with Crippen LogP contribution >= 0.6 is 0 Å². The van der Waals surface area contributed by atoms with E-state index in [4.69, 9.17) is 9.47 Å². The van der Waals surface area contributed by atoms with Gasteiger partial charge < -0.3 is 14.6 Å². The third-order valence-electron chi connectivity index (χ3n) is 8.33. The topological polar surface area (TPSA) is 72.8 Å². The highest BCUT2D eigenvalue weighted by Crippen LogP contribution is 2.08. The van der Waals surface area contributed by atoms with Crippen LogP contribution in [-0.2, 0) is 19.1 Å². The number of aliphatic hydroxyl groups is 1. The van der Waals surface area contributed by atoms with Gasteiger partial charge in [0.05, 0.1) is 6.61 Å². The molecule has 0 rings (SSSR count). The normalized spacial score (nSPS) is 13.8. The number of allylic oxidation sites excluding steroid dienone is 26. The lowest BCUT2D eigenvalue weighted by molar-refractivity contribution is -0.161. The highest BCUT2D eigenvalue weighted by Gasteiger charge is 2.15. The van der Waals surface area contributed by atoms with Crippen molar-refractivity contribution in [1.82, 2.24) is 0 Å². The summed E-state index contributed by atoms with van der Waals surface area (Å²) in [5.41, 5.74) is 0. The monoisotopic (exact) mass is 795 g/mol. The third kappa shape index (κ3) is 44.2. The van der Waals surface area contributed by atoms with Crippen LogP contribution in [0.25, 0.3) is 0 Å². The van der Waals surface area contributed by atoms with Crippen molar-refractivity contribution in [2.24, 2.45) is 0 Å². The molecule has 1 atom stereocenters. The zero-order chi connectivity index (χ0) is 42.1. The van der Waals surface area contributed by atoms with Crippen LogP contribution in [0.15, 0.2) is 158 Å². The molecule has 1 unspecified atom stereocenters. The van der Waals surface area contributed by atoms with Crippen molar-refractivity contribution in [1.29, 1.82) is 0 Å². The smallest absolute Gasteiger partial charge is 0.306 e. The Morgan fingerprint density at radius 1 is 0.397 bits per heavy atom. The van der Waals surface area contributed by atoms with Gasteiger partial charge >= 0.3 is 11.9 Å². The largest absolute Gasteiger partial charge is 0.462 e. The first-order chi connectivity index (χ1) is 28.6. The van der Waals surface area contributed by atoms with E-state index in [0.29, 0.717) is 6.42 Å². The van der Waals surface area contributed by atoms with Gasteiger partial charge in [0.25, 0.3) is 0 Å². The third-order valence-corrected chi connectivity index (χ3v) is 8.33. The summed E-state index contributed by atoms with van der Waals surface area (Å²) in [7, 11) is 0. The standard InChI is InChI=1S/C53H78O5/c1-3-5-7-9-11-13-15-17-18-19-20-21-22-23-24-25-26-27-28-29-30-31-32-33-34-36-38-40-42-44-46-48-53(56)58-51(49-54)50-57-52(55)47-45-43-41-39-37-35-16-14-12-10-8-6-4-2/h5-8,11-14,17-18,20-21,23-24,26-27,29-30,32-33,35-38,41,43,51,54H,3-4,9-10,15-16,19,22,25,28,31,34,39-40,42,44-50H2,1-2H3/b7-5-,8-6-,13-11-,14-12-,18-17-,21-20-,24-23-,27-26-,30-29-,33-32-,37-35-,38-36-,43-41-. The maximum Gasteiger partial charge on any atom is 0.306 e.